The molecule has 1 atom stereocenters. The van der Waals surface area contributed by atoms with Gasteiger partial charge in [-0.05, 0) is 42.8 Å². The number of carbonyl (C=O) groups excluding carboxylic acids is 2. The first kappa shape index (κ1) is 20.1. The van der Waals surface area contributed by atoms with Gasteiger partial charge in [-0.3, -0.25) is 9.59 Å². The fourth-order valence-electron chi connectivity index (χ4n) is 2.62. The van der Waals surface area contributed by atoms with Gasteiger partial charge in [0.1, 0.15) is 5.75 Å². The second kappa shape index (κ2) is 7.76. The van der Waals surface area contributed by atoms with E-state index < -0.39 is 15.8 Å². The second-order valence-corrected chi connectivity index (χ2v) is 8.66. The molecule has 1 aliphatic heterocycles. The number of nitrogens with one attached hydrogen (secondary N) is 1. The lowest BCUT2D eigenvalue weighted by atomic mass is 10.1. The summed E-state index contributed by atoms with van der Waals surface area (Å²) < 4.78 is 3.56. The largest absolute Gasteiger partial charge is 0.479 e. The number of nitrogens with zero attached hydrogens (tertiary/aromatic N) is 1. The molecule has 1 N–H and O–H groups in total. The first-order valence-electron chi connectivity index (χ1n) is 7.90. The third kappa shape index (κ3) is 4.61. The second-order valence-electron chi connectivity index (χ2n) is 5.95. The number of fused-ring (bicyclic) bond motifs is 1. The maximum Gasteiger partial charge on any atom is 0.276 e. The number of rotatable bonds is 3. The van der Waals surface area contributed by atoms with Crippen molar-refractivity contribution in [2.45, 2.75) is 23.4 Å². The summed E-state index contributed by atoms with van der Waals surface area (Å²) in [5.74, 6) is -0.488. The number of halogens is 4. The van der Waals surface area contributed by atoms with Crippen molar-refractivity contribution < 1.29 is 14.3 Å². The normalized spacial score (nSPS) is 16.6. The van der Waals surface area contributed by atoms with E-state index >= 15 is 0 Å². The summed E-state index contributed by atoms with van der Waals surface area (Å²) in [5.41, 5.74) is 1.77. The topological polar surface area (TPSA) is 58.6 Å². The van der Waals surface area contributed by atoms with Crippen LogP contribution in [0.2, 0.25) is 5.02 Å². The summed E-state index contributed by atoms with van der Waals surface area (Å²) in [6.45, 7) is 2.00. The van der Waals surface area contributed by atoms with Crippen LogP contribution < -0.4 is 15.0 Å². The van der Waals surface area contributed by atoms with E-state index in [0.717, 1.165) is 5.56 Å². The van der Waals surface area contributed by atoms with Crippen molar-refractivity contribution in [2.24, 2.45) is 0 Å². The van der Waals surface area contributed by atoms with E-state index in [2.05, 4.69) is 5.32 Å². The molecule has 0 aliphatic carbocycles. The van der Waals surface area contributed by atoms with Crippen LogP contribution in [0, 0.1) is 0 Å². The van der Waals surface area contributed by atoms with E-state index in [-0.39, 0.29) is 5.91 Å². The Kier molecular flexibility index (Phi) is 5.77. The molecule has 2 amide bonds. The molecule has 0 saturated carbocycles. The van der Waals surface area contributed by atoms with Gasteiger partial charge in [-0.1, -0.05) is 58.5 Å². The van der Waals surface area contributed by atoms with Gasteiger partial charge in [-0.15, -0.1) is 0 Å². The van der Waals surface area contributed by atoms with Crippen LogP contribution in [0.25, 0.3) is 0 Å². The summed E-state index contributed by atoms with van der Waals surface area (Å²) in [5, 5.41) is 3.11. The third-order valence-electron chi connectivity index (χ3n) is 3.94. The molecule has 5 nitrogen and oxygen atoms in total. The highest BCUT2D eigenvalue weighted by molar-refractivity contribution is 6.76. The lowest BCUT2D eigenvalue weighted by molar-refractivity contribution is -0.125. The van der Waals surface area contributed by atoms with Crippen molar-refractivity contribution in [1.82, 2.24) is 0 Å². The summed E-state index contributed by atoms with van der Waals surface area (Å²) in [6, 6.07) is 12.0. The number of carbonyl (C=O) groups is 2. The standard InChI is InChI=1S/C18H14Cl4N2O3/c1-10-16(25)24(9-11-2-4-12(19)5-3-11)14-8-13(6-7-15(14)27-10)23-17(26)18(20,21)22/h2-8,10H,9H2,1H3,(H,23,26). The Hall–Kier alpha value is -1.66. The highest BCUT2D eigenvalue weighted by Gasteiger charge is 2.33. The maximum absolute atomic E-state index is 12.7. The zero-order chi connectivity index (χ0) is 19.8. The molecule has 0 bridgehead atoms. The molecule has 0 radical (unpaired) electrons. The Morgan fingerprint density at radius 1 is 1.19 bits per heavy atom. The SMILES string of the molecule is CC1Oc2ccc(NC(=O)C(Cl)(Cl)Cl)cc2N(Cc2ccc(Cl)cc2)C1=O. The molecule has 27 heavy (non-hydrogen) atoms. The van der Waals surface area contributed by atoms with E-state index in [4.69, 9.17) is 51.1 Å². The minimum absolute atomic E-state index is 0.206. The van der Waals surface area contributed by atoms with Gasteiger partial charge in [-0.25, -0.2) is 0 Å². The Bertz CT molecular complexity index is 881. The Labute approximate surface area is 176 Å². The number of alkyl halides is 3. The summed E-state index contributed by atoms with van der Waals surface area (Å²) in [7, 11) is 0. The van der Waals surface area contributed by atoms with Gasteiger partial charge in [0.2, 0.25) is 0 Å². The molecule has 2 aromatic rings. The molecular weight excluding hydrogens is 434 g/mol. The number of hydrogen-bond donors (Lipinski definition) is 1. The molecule has 2 aromatic carbocycles. The van der Waals surface area contributed by atoms with Gasteiger partial charge < -0.3 is 15.0 Å². The molecule has 0 aromatic heterocycles. The predicted octanol–water partition coefficient (Wildman–Crippen LogP) is 4.96. The number of hydrogen-bond acceptors (Lipinski definition) is 3. The molecular formula is C18H14Cl4N2O3. The minimum atomic E-state index is -2.10. The first-order valence-corrected chi connectivity index (χ1v) is 9.41. The highest BCUT2D eigenvalue weighted by Crippen LogP contribution is 2.38. The zero-order valence-electron chi connectivity index (χ0n) is 14.0. The fraction of sp³-hybridized carbons (Fsp3) is 0.222. The average Bonchev–Trinajstić information content (AvgIpc) is 2.60. The van der Waals surface area contributed by atoms with E-state index in [0.29, 0.717) is 28.7 Å². The zero-order valence-corrected chi connectivity index (χ0v) is 17.0. The minimum Gasteiger partial charge on any atom is -0.479 e. The molecule has 9 heteroatoms. The van der Waals surface area contributed by atoms with Gasteiger partial charge >= 0.3 is 0 Å². The lowest BCUT2D eigenvalue weighted by Gasteiger charge is -2.33. The van der Waals surface area contributed by atoms with Crippen LogP contribution >= 0.6 is 46.4 Å². The Balaban J connectivity index is 1.93. The van der Waals surface area contributed by atoms with Crippen molar-refractivity contribution in [2.75, 3.05) is 10.2 Å². The monoisotopic (exact) mass is 446 g/mol. The average molecular weight is 448 g/mol. The van der Waals surface area contributed by atoms with Crippen molar-refractivity contribution >= 4 is 69.6 Å². The molecule has 1 aliphatic rings. The van der Waals surface area contributed by atoms with Crippen molar-refractivity contribution in [3.05, 3.63) is 53.1 Å². The van der Waals surface area contributed by atoms with Gasteiger partial charge in [0.25, 0.3) is 15.6 Å². The number of benzene rings is 2. The predicted molar refractivity (Wildman–Crippen MR) is 108 cm³/mol. The lowest BCUT2D eigenvalue weighted by Crippen LogP contribution is -2.44. The fourth-order valence-corrected chi connectivity index (χ4v) is 2.89. The Morgan fingerprint density at radius 2 is 1.85 bits per heavy atom. The quantitative estimate of drug-likeness (QED) is 0.676. The molecule has 142 valence electrons. The van der Waals surface area contributed by atoms with E-state index in [9.17, 15) is 9.59 Å². The summed E-state index contributed by atoms with van der Waals surface area (Å²) >= 11 is 22.7. The van der Waals surface area contributed by atoms with E-state index in [1.165, 1.54) is 0 Å². The molecule has 0 spiro atoms. The molecule has 1 heterocycles. The smallest absolute Gasteiger partial charge is 0.276 e. The van der Waals surface area contributed by atoms with Crippen molar-refractivity contribution in [1.29, 1.82) is 0 Å². The molecule has 1 unspecified atom stereocenters. The number of amides is 2. The maximum atomic E-state index is 12.7. The third-order valence-corrected chi connectivity index (χ3v) is 4.70. The van der Waals surface area contributed by atoms with Gasteiger partial charge in [-0.2, -0.15) is 0 Å². The van der Waals surface area contributed by atoms with E-state index in [1.54, 1.807) is 42.2 Å². The van der Waals surface area contributed by atoms with Gasteiger partial charge in [0.05, 0.1) is 12.2 Å². The van der Waals surface area contributed by atoms with Crippen LogP contribution in [0.5, 0.6) is 5.75 Å². The number of ether oxygens (including phenoxy) is 1. The van der Waals surface area contributed by atoms with Crippen molar-refractivity contribution in [3.8, 4) is 5.75 Å². The molecule has 0 fully saturated rings. The first-order chi connectivity index (χ1) is 12.6. The van der Waals surface area contributed by atoms with Crippen LogP contribution in [-0.4, -0.2) is 21.7 Å². The van der Waals surface area contributed by atoms with E-state index in [1.807, 2.05) is 12.1 Å². The molecule has 3 rings (SSSR count). The Morgan fingerprint density at radius 3 is 2.48 bits per heavy atom. The van der Waals surface area contributed by atoms with Crippen molar-refractivity contribution in [3.63, 3.8) is 0 Å². The van der Waals surface area contributed by atoms with Gasteiger partial charge in [0, 0.05) is 10.7 Å². The van der Waals surface area contributed by atoms with Crippen LogP contribution in [0.1, 0.15) is 12.5 Å². The van der Waals surface area contributed by atoms with Crippen LogP contribution in [-0.2, 0) is 16.1 Å². The molecule has 0 saturated heterocycles. The van der Waals surface area contributed by atoms with Crippen LogP contribution in [0.15, 0.2) is 42.5 Å². The highest BCUT2D eigenvalue weighted by atomic mass is 35.6. The van der Waals surface area contributed by atoms with Crippen LogP contribution in [0.4, 0.5) is 11.4 Å². The number of anilines is 2. The van der Waals surface area contributed by atoms with Crippen LogP contribution in [0.3, 0.4) is 0 Å². The summed E-state index contributed by atoms with van der Waals surface area (Å²) in [4.78, 5) is 26.1. The van der Waals surface area contributed by atoms with Gasteiger partial charge in [0.15, 0.2) is 6.10 Å². The summed E-state index contributed by atoms with van der Waals surface area (Å²) in [6.07, 6.45) is -0.633.